The Morgan fingerprint density at radius 1 is 1.43 bits per heavy atom. The lowest BCUT2D eigenvalue weighted by Gasteiger charge is -2.13. The zero-order valence-electron chi connectivity index (χ0n) is 7.90. The summed E-state index contributed by atoms with van der Waals surface area (Å²) in [6, 6.07) is 11.5. The van der Waals surface area contributed by atoms with Gasteiger partial charge in [0.25, 0.3) is 0 Å². The first-order chi connectivity index (χ1) is 6.70. The second kappa shape index (κ2) is 4.36. The minimum Gasteiger partial charge on any atom is -0.211 e. The predicted octanol–water partition coefficient (Wildman–Crippen LogP) is 1.85. The molecule has 0 saturated heterocycles. The van der Waals surface area contributed by atoms with Gasteiger partial charge in [0, 0.05) is 6.42 Å². The number of hydrogen-bond acceptors (Lipinski definition) is 3. The molecule has 0 heterocycles. The van der Waals surface area contributed by atoms with Crippen LogP contribution in [0.5, 0.6) is 0 Å². The summed E-state index contributed by atoms with van der Waals surface area (Å²) >= 11 is 0. The van der Waals surface area contributed by atoms with Crippen LogP contribution in [0.15, 0.2) is 35.3 Å². The maximum atomic E-state index is 10.1. The Bertz CT molecular complexity index is 387. The fourth-order valence-electron chi connectivity index (χ4n) is 1.20. The number of carbonyl (C=O) groups excluding carboxylic acids is 1. The van der Waals surface area contributed by atoms with E-state index in [9.17, 15) is 4.79 Å². The lowest BCUT2D eigenvalue weighted by Crippen LogP contribution is -2.22. The zero-order chi connectivity index (χ0) is 10.4. The van der Waals surface area contributed by atoms with Crippen molar-refractivity contribution < 1.29 is 4.79 Å². The van der Waals surface area contributed by atoms with Crippen LogP contribution in [0.2, 0.25) is 0 Å². The summed E-state index contributed by atoms with van der Waals surface area (Å²) in [6.07, 6.45) is 1.86. The molecule has 0 aromatic heterocycles. The van der Waals surface area contributed by atoms with Gasteiger partial charge >= 0.3 is 0 Å². The summed E-state index contributed by atoms with van der Waals surface area (Å²) in [5.74, 6) is 0. The summed E-state index contributed by atoms with van der Waals surface area (Å²) in [4.78, 5) is 13.6. The molecular weight excluding hydrogens is 176 g/mol. The highest BCUT2D eigenvalue weighted by atomic mass is 16.1. The monoisotopic (exact) mass is 186 g/mol. The van der Waals surface area contributed by atoms with Crippen LogP contribution < -0.4 is 0 Å². The molecule has 0 aliphatic rings. The molecule has 1 aromatic carbocycles. The van der Waals surface area contributed by atoms with E-state index < -0.39 is 5.54 Å². The minimum atomic E-state index is -0.997. The van der Waals surface area contributed by atoms with Crippen LogP contribution in [0.25, 0.3) is 0 Å². The third-order valence-electron chi connectivity index (χ3n) is 1.92. The summed E-state index contributed by atoms with van der Waals surface area (Å²) in [5, 5.41) is 8.86. The number of hydrogen-bond donors (Lipinski definition) is 0. The molecular formula is C11H10N2O. The van der Waals surface area contributed by atoms with Gasteiger partial charge in [0.15, 0.2) is 5.54 Å². The molecule has 3 heteroatoms. The maximum Gasteiger partial charge on any atom is 0.236 e. The third-order valence-corrected chi connectivity index (χ3v) is 1.92. The molecule has 0 amide bonds. The second-order valence-corrected chi connectivity index (χ2v) is 3.25. The normalized spacial score (nSPS) is 13.4. The van der Waals surface area contributed by atoms with Gasteiger partial charge in [-0.15, -0.1) is 0 Å². The van der Waals surface area contributed by atoms with E-state index in [1.807, 2.05) is 36.4 Å². The first kappa shape index (κ1) is 10.2. The van der Waals surface area contributed by atoms with Crippen molar-refractivity contribution in [2.75, 3.05) is 0 Å². The number of nitriles is 1. The van der Waals surface area contributed by atoms with Crippen LogP contribution >= 0.6 is 0 Å². The average Bonchev–Trinajstić information content (AvgIpc) is 2.20. The van der Waals surface area contributed by atoms with Crippen molar-refractivity contribution in [2.45, 2.75) is 18.9 Å². The van der Waals surface area contributed by atoms with Crippen molar-refractivity contribution in [1.82, 2.24) is 0 Å². The fourth-order valence-corrected chi connectivity index (χ4v) is 1.20. The van der Waals surface area contributed by atoms with Gasteiger partial charge in [-0.2, -0.15) is 10.3 Å². The lowest BCUT2D eigenvalue weighted by atomic mass is 9.95. The molecule has 1 atom stereocenters. The number of rotatable bonds is 3. The van der Waals surface area contributed by atoms with Crippen LogP contribution in [0.1, 0.15) is 12.5 Å². The number of aliphatic imine (C=N–C) groups is 1. The van der Waals surface area contributed by atoms with Gasteiger partial charge in [0.2, 0.25) is 6.08 Å². The Labute approximate surface area is 82.7 Å². The Kier molecular flexibility index (Phi) is 3.17. The Balaban J connectivity index is 2.87. The van der Waals surface area contributed by atoms with Crippen molar-refractivity contribution in [3.05, 3.63) is 35.9 Å². The Hall–Kier alpha value is -1.91. The molecule has 3 nitrogen and oxygen atoms in total. The first-order valence-corrected chi connectivity index (χ1v) is 4.24. The van der Waals surface area contributed by atoms with Crippen molar-refractivity contribution in [2.24, 2.45) is 4.99 Å². The van der Waals surface area contributed by atoms with Gasteiger partial charge in [0.1, 0.15) is 0 Å². The van der Waals surface area contributed by atoms with Crippen LogP contribution in [0, 0.1) is 11.3 Å². The molecule has 1 unspecified atom stereocenters. The van der Waals surface area contributed by atoms with Gasteiger partial charge in [0.05, 0.1) is 6.07 Å². The number of nitrogens with zero attached hydrogens (tertiary/aromatic N) is 2. The Morgan fingerprint density at radius 2 is 2.07 bits per heavy atom. The average molecular weight is 186 g/mol. The molecule has 0 bridgehead atoms. The van der Waals surface area contributed by atoms with Gasteiger partial charge in [-0.25, -0.2) is 4.79 Å². The molecule has 0 radical (unpaired) electrons. The maximum absolute atomic E-state index is 10.1. The molecule has 0 N–H and O–H groups in total. The molecule has 0 fully saturated rings. The molecule has 0 aliphatic carbocycles. The van der Waals surface area contributed by atoms with Crippen molar-refractivity contribution >= 4 is 6.08 Å². The van der Waals surface area contributed by atoms with E-state index in [1.54, 1.807) is 6.92 Å². The summed E-state index contributed by atoms with van der Waals surface area (Å²) in [6.45, 7) is 1.62. The third kappa shape index (κ3) is 2.55. The molecule has 0 spiro atoms. The van der Waals surface area contributed by atoms with E-state index in [-0.39, 0.29) is 0 Å². The topological polar surface area (TPSA) is 53.2 Å². The van der Waals surface area contributed by atoms with Crippen molar-refractivity contribution in [1.29, 1.82) is 5.26 Å². The van der Waals surface area contributed by atoms with Crippen LogP contribution in [0.4, 0.5) is 0 Å². The van der Waals surface area contributed by atoms with Gasteiger partial charge in [-0.3, -0.25) is 0 Å². The number of isocyanates is 1. The molecule has 14 heavy (non-hydrogen) atoms. The van der Waals surface area contributed by atoms with Crippen molar-refractivity contribution in [3.8, 4) is 6.07 Å². The quantitative estimate of drug-likeness (QED) is 0.534. The molecule has 70 valence electrons. The summed E-state index contributed by atoms with van der Waals surface area (Å²) in [5.41, 5.74) is -0.0149. The predicted molar refractivity (Wildman–Crippen MR) is 52.3 cm³/mol. The van der Waals surface area contributed by atoms with E-state index in [4.69, 9.17) is 5.26 Å². The highest BCUT2D eigenvalue weighted by Crippen LogP contribution is 2.15. The Morgan fingerprint density at radius 3 is 2.57 bits per heavy atom. The smallest absolute Gasteiger partial charge is 0.211 e. The van der Waals surface area contributed by atoms with E-state index in [2.05, 4.69) is 4.99 Å². The van der Waals surface area contributed by atoms with Gasteiger partial charge in [-0.1, -0.05) is 30.3 Å². The molecule has 0 saturated carbocycles. The zero-order valence-corrected chi connectivity index (χ0v) is 7.90. The number of benzene rings is 1. The standard InChI is InChI=1S/C11H10N2O/c1-11(8-12,13-9-14)7-10-5-3-2-4-6-10/h2-6H,7H2,1H3. The van der Waals surface area contributed by atoms with Gasteiger partial charge in [-0.05, 0) is 12.5 Å². The van der Waals surface area contributed by atoms with Crippen LogP contribution in [0.3, 0.4) is 0 Å². The van der Waals surface area contributed by atoms with E-state index in [1.165, 1.54) is 6.08 Å². The van der Waals surface area contributed by atoms with Gasteiger partial charge < -0.3 is 0 Å². The van der Waals surface area contributed by atoms with E-state index in [0.29, 0.717) is 6.42 Å². The minimum absolute atomic E-state index is 0.430. The molecule has 1 rings (SSSR count). The highest BCUT2D eigenvalue weighted by molar-refractivity contribution is 5.37. The molecule has 0 aliphatic heterocycles. The van der Waals surface area contributed by atoms with Crippen LogP contribution in [-0.2, 0) is 11.2 Å². The van der Waals surface area contributed by atoms with Crippen LogP contribution in [-0.4, -0.2) is 11.6 Å². The van der Waals surface area contributed by atoms with E-state index >= 15 is 0 Å². The van der Waals surface area contributed by atoms with E-state index in [0.717, 1.165) is 5.56 Å². The fraction of sp³-hybridized carbons (Fsp3) is 0.273. The summed E-state index contributed by atoms with van der Waals surface area (Å²) in [7, 11) is 0. The molecule has 1 aromatic rings. The second-order valence-electron chi connectivity index (χ2n) is 3.25. The largest absolute Gasteiger partial charge is 0.236 e. The summed E-state index contributed by atoms with van der Waals surface area (Å²) < 4.78 is 0. The lowest BCUT2D eigenvalue weighted by molar-refractivity contribution is 0.541. The SMILES string of the molecule is CC(C#N)(Cc1ccccc1)N=C=O. The van der Waals surface area contributed by atoms with Crippen molar-refractivity contribution in [3.63, 3.8) is 0 Å². The highest BCUT2D eigenvalue weighted by Gasteiger charge is 2.22. The first-order valence-electron chi connectivity index (χ1n) is 4.24.